The van der Waals surface area contributed by atoms with Gasteiger partial charge in [0.15, 0.2) is 11.6 Å². The highest BCUT2D eigenvalue weighted by atomic mass is 32.2. The maximum atomic E-state index is 15.2. The Bertz CT molecular complexity index is 3310. The Labute approximate surface area is 424 Å². The number of anilines is 3. The summed E-state index contributed by atoms with van der Waals surface area (Å²) < 4.78 is 65.2. The standard InChI is InChI=1S/C52H53F2N11O8S/c53-33-13-20-63(30-33)74(71,72)59-43-7-5-41(54)47(40(43)27-55)73-36-3-6-42-39(26-36)49(68)64(31-57-42)35-2-9-45(56-28-35)62-23-16-52(17-24-62)14-21-60(22-15-52)29-32-11-18-61(19-12-32)34-1-4-37-38(25-34)51(70)65(50(37)69)44-8-10-46(66)58-48(44)67/h1-7,9,25-26,28,31-33,44,59H,8,10-24,29-30H2,(H,58,66,67)/t33-,44?/m1/s1. The van der Waals surface area contributed by atoms with E-state index in [0.717, 1.165) is 117 Å². The molecule has 5 fully saturated rings. The third kappa shape index (κ3) is 9.32. The first-order chi connectivity index (χ1) is 35.7. The van der Waals surface area contributed by atoms with Gasteiger partial charge in [-0.2, -0.15) is 18.0 Å². The fraction of sp³-hybridized carbons (Fsp3) is 0.423. The maximum Gasteiger partial charge on any atom is 0.301 e. The average molecular weight is 1030 g/mol. The van der Waals surface area contributed by atoms with Crippen molar-refractivity contribution in [2.24, 2.45) is 11.3 Å². The number of pyridine rings is 1. The lowest BCUT2D eigenvalue weighted by atomic mass is 9.71. The first-order valence-corrected chi connectivity index (χ1v) is 26.5. The number of hydrogen-bond donors (Lipinski definition) is 2. The van der Waals surface area contributed by atoms with Crippen LogP contribution >= 0.6 is 0 Å². The highest BCUT2D eigenvalue weighted by Crippen LogP contribution is 2.43. The summed E-state index contributed by atoms with van der Waals surface area (Å²) in [7, 11) is -4.25. The number of piperidine rings is 4. The monoisotopic (exact) mass is 1030 g/mol. The van der Waals surface area contributed by atoms with Gasteiger partial charge in [0.1, 0.15) is 41.7 Å². The second-order valence-corrected chi connectivity index (χ2v) is 21.9. The molecule has 0 radical (unpaired) electrons. The van der Waals surface area contributed by atoms with Gasteiger partial charge in [0.05, 0.1) is 39.6 Å². The number of hydrogen-bond acceptors (Lipinski definition) is 14. The van der Waals surface area contributed by atoms with Crippen LogP contribution < -0.4 is 30.1 Å². The molecule has 1 spiro atoms. The van der Waals surface area contributed by atoms with Crippen molar-refractivity contribution in [3.8, 4) is 23.3 Å². The normalized spacial score (nSPS) is 21.8. The van der Waals surface area contributed by atoms with Crippen molar-refractivity contribution in [2.45, 2.75) is 70.0 Å². The van der Waals surface area contributed by atoms with E-state index in [1.165, 1.54) is 29.1 Å². The minimum absolute atomic E-state index is 0.00229. The molecule has 2 aromatic heterocycles. The van der Waals surface area contributed by atoms with Crippen molar-refractivity contribution in [2.75, 3.05) is 73.4 Å². The van der Waals surface area contributed by atoms with Gasteiger partial charge in [0, 0.05) is 57.9 Å². The van der Waals surface area contributed by atoms with Crippen LogP contribution in [-0.2, 0) is 19.8 Å². The van der Waals surface area contributed by atoms with Gasteiger partial charge in [-0.15, -0.1) is 0 Å². The van der Waals surface area contributed by atoms with Crippen LogP contribution in [-0.4, -0.2) is 132 Å². The Morgan fingerprint density at radius 3 is 2.26 bits per heavy atom. The van der Waals surface area contributed by atoms with Gasteiger partial charge >= 0.3 is 10.2 Å². The van der Waals surface area contributed by atoms with Crippen LogP contribution in [0.1, 0.15) is 84.1 Å². The molecule has 3 aromatic carbocycles. The molecule has 1 unspecified atom stereocenters. The van der Waals surface area contributed by atoms with Gasteiger partial charge < -0.3 is 19.4 Å². The van der Waals surface area contributed by atoms with E-state index < -0.39 is 68.7 Å². The summed E-state index contributed by atoms with van der Waals surface area (Å²) in [4.78, 5) is 82.1. The lowest BCUT2D eigenvalue weighted by molar-refractivity contribution is -0.136. The number of nitrogens with one attached hydrogen (secondary N) is 2. The van der Waals surface area contributed by atoms with Gasteiger partial charge in [-0.25, -0.2) is 18.7 Å². The Morgan fingerprint density at radius 2 is 1.55 bits per heavy atom. The lowest BCUT2D eigenvalue weighted by Gasteiger charge is -2.48. The summed E-state index contributed by atoms with van der Waals surface area (Å²) in [5, 5.41) is 12.4. The van der Waals surface area contributed by atoms with E-state index in [0.29, 0.717) is 22.7 Å². The number of alkyl halides is 1. The van der Waals surface area contributed by atoms with Crippen LogP contribution in [0.2, 0.25) is 0 Å². The fourth-order valence-electron chi connectivity index (χ4n) is 11.5. The first kappa shape index (κ1) is 48.9. The Balaban J connectivity index is 0.666. The molecule has 2 atom stereocenters. The van der Waals surface area contributed by atoms with Crippen LogP contribution in [0.3, 0.4) is 0 Å². The molecule has 6 aliphatic rings. The molecule has 2 N–H and O–H groups in total. The van der Waals surface area contributed by atoms with E-state index in [2.05, 4.69) is 29.7 Å². The number of carbonyl (C=O) groups is 4. The summed E-state index contributed by atoms with van der Waals surface area (Å²) in [5.41, 5.74) is 1.45. The van der Waals surface area contributed by atoms with E-state index >= 15 is 4.39 Å². The molecule has 4 amide bonds. The molecular formula is C52H53F2N11O8S. The van der Waals surface area contributed by atoms with E-state index in [9.17, 15) is 42.0 Å². The van der Waals surface area contributed by atoms with Gasteiger partial charge in [-0.05, 0) is 136 Å². The predicted molar refractivity (Wildman–Crippen MR) is 268 cm³/mol. The molecule has 5 saturated heterocycles. The van der Waals surface area contributed by atoms with E-state index in [4.69, 9.17) is 9.72 Å². The number of ether oxygens (including phenoxy) is 1. The number of rotatable bonds is 11. The molecule has 0 saturated carbocycles. The number of imide groups is 2. The van der Waals surface area contributed by atoms with Crippen LogP contribution in [0.4, 0.5) is 26.0 Å². The summed E-state index contributed by atoms with van der Waals surface area (Å²) >= 11 is 0. The zero-order valence-corrected chi connectivity index (χ0v) is 41.2. The molecule has 0 bridgehead atoms. The molecule has 0 aliphatic carbocycles. The van der Waals surface area contributed by atoms with Gasteiger partial charge in [-0.1, -0.05) is 0 Å². The third-order valence-corrected chi connectivity index (χ3v) is 17.3. The quantitative estimate of drug-likeness (QED) is 0.161. The van der Waals surface area contributed by atoms with E-state index in [-0.39, 0.29) is 60.2 Å². The summed E-state index contributed by atoms with van der Waals surface area (Å²) in [5.74, 6) is -2.15. The number of amides is 4. The molecule has 22 heteroatoms. The lowest BCUT2D eigenvalue weighted by Crippen LogP contribution is -2.54. The third-order valence-electron chi connectivity index (χ3n) is 15.8. The Kier molecular flexibility index (Phi) is 12.9. The first-order valence-electron chi connectivity index (χ1n) is 25.0. The maximum absolute atomic E-state index is 15.2. The average Bonchev–Trinajstić information content (AvgIpc) is 3.96. The Hall–Kier alpha value is -7.35. The number of likely N-dealkylation sites (tertiary alicyclic amines) is 1. The van der Waals surface area contributed by atoms with Crippen molar-refractivity contribution in [3.63, 3.8) is 0 Å². The largest absolute Gasteiger partial charge is 0.453 e. The SMILES string of the molecule is N#Cc1c(NS(=O)(=O)N2CC[C@@H](F)C2)ccc(F)c1Oc1ccc2ncn(-c3ccc(N4CCC5(CCN(CC6CCN(c7ccc8c(c7)C(=O)N(C7CCC(=O)NC7=O)C8=O)CC6)CC5)CC4)nc3)c(=O)c2c1. The molecule has 19 nitrogen and oxygen atoms in total. The predicted octanol–water partition coefficient (Wildman–Crippen LogP) is 5.28. The number of fused-ring (bicyclic) bond motifs is 2. The molecule has 5 aromatic rings. The topological polar surface area (TPSA) is 223 Å². The minimum Gasteiger partial charge on any atom is -0.453 e. The van der Waals surface area contributed by atoms with Gasteiger partial charge in [-0.3, -0.25) is 43.5 Å². The minimum atomic E-state index is -4.25. The highest BCUT2D eigenvalue weighted by molar-refractivity contribution is 7.90. The molecule has 8 heterocycles. The smallest absolute Gasteiger partial charge is 0.301 e. The zero-order valence-electron chi connectivity index (χ0n) is 40.3. The number of benzene rings is 3. The number of nitriles is 1. The number of carbonyl (C=O) groups excluding carboxylic acids is 4. The highest BCUT2D eigenvalue weighted by Gasteiger charge is 2.45. The zero-order chi connectivity index (χ0) is 51.5. The van der Waals surface area contributed by atoms with Gasteiger partial charge in [0.25, 0.3) is 17.4 Å². The van der Waals surface area contributed by atoms with Crippen molar-refractivity contribution in [3.05, 3.63) is 106 Å². The van der Waals surface area contributed by atoms with Crippen molar-refractivity contribution in [1.29, 1.82) is 5.26 Å². The molecular weight excluding hydrogens is 977 g/mol. The fourth-order valence-corrected chi connectivity index (χ4v) is 12.7. The van der Waals surface area contributed by atoms with Crippen LogP contribution in [0.25, 0.3) is 16.6 Å². The summed E-state index contributed by atoms with van der Waals surface area (Å²) in [6, 6.07) is 16.2. The number of nitrogens with zero attached hydrogens (tertiary/aromatic N) is 9. The second kappa shape index (κ2) is 19.5. The molecule has 6 aliphatic heterocycles. The van der Waals surface area contributed by atoms with Crippen molar-refractivity contribution in [1.82, 2.24) is 34.0 Å². The van der Waals surface area contributed by atoms with Crippen LogP contribution in [0.15, 0.2) is 78.0 Å². The number of aromatic nitrogens is 3. The molecule has 11 rings (SSSR count). The van der Waals surface area contributed by atoms with Crippen molar-refractivity contribution >= 4 is 61.9 Å². The molecule has 74 heavy (non-hydrogen) atoms. The van der Waals surface area contributed by atoms with E-state index in [1.807, 2.05) is 18.2 Å². The van der Waals surface area contributed by atoms with Crippen molar-refractivity contribution < 1.29 is 41.1 Å². The Morgan fingerprint density at radius 1 is 0.811 bits per heavy atom. The molecule has 384 valence electrons. The second-order valence-electron chi connectivity index (χ2n) is 20.2. The van der Waals surface area contributed by atoms with Crippen LogP contribution in [0, 0.1) is 28.5 Å². The van der Waals surface area contributed by atoms with E-state index in [1.54, 1.807) is 24.4 Å². The summed E-state index contributed by atoms with van der Waals surface area (Å²) in [6.45, 7) is 6.18. The summed E-state index contributed by atoms with van der Waals surface area (Å²) in [6.07, 6.45) is 8.37. The van der Waals surface area contributed by atoms with Crippen LogP contribution in [0.5, 0.6) is 11.5 Å². The van der Waals surface area contributed by atoms with Gasteiger partial charge in [0.2, 0.25) is 11.8 Å². The number of halogens is 2.